The van der Waals surface area contributed by atoms with Crippen LogP contribution in [0.2, 0.25) is 0 Å². The van der Waals surface area contributed by atoms with Crippen molar-refractivity contribution in [2.45, 2.75) is 25.0 Å². The summed E-state index contributed by atoms with van der Waals surface area (Å²) in [5.74, 6) is -0.0935. The van der Waals surface area contributed by atoms with Gasteiger partial charge in [0.2, 0.25) is 0 Å². The first-order valence-corrected chi connectivity index (χ1v) is 9.39. The first kappa shape index (κ1) is 17.6. The zero-order valence-corrected chi connectivity index (χ0v) is 14.3. The van der Waals surface area contributed by atoms with E-state index in [1.807, 2.05) is 11.8 Å². The highest BCUT2D eigenvalue weighted by atomic mass is 32.2. The highest BCUT2D eigenvalue weighted by Crippen LogP contribution is 2.26. The molecule has 1 aromatic carbocycles. The fraction of sp³-hybridized carbons (Fsp3) is 0.588. The number of likely N-dealkylation sites (tertiary alicyclic amines) is 1. The molecule has 1 atom stereocenters. The molecule has 7 heteroatoms. The number of nitrogens with zero attached hydrogens (tertiary/aromatic N) is 2. The number of benzene rings is 1. The largest absolute Gasteiger partial charge is 0.379 e. The van der Waals surface area contributed by atoms with Gasteiger partial charge in [-0.3, -0.25) is 9.69 Å². The monoisotopic (exact) mass is 356 g/mol. The average Bonchev–Trinajstić information content (AvgIpc) is 2.56. The summed E-state index contributed by atoms with van der Waals surface area (Å²) in [5, 5.41) is 10.9. The van der Waals surface area contributed by atoms with E-state index in [1.165, 1.54) is 6.07 Å². The summed E-state index contributed by atoms with van der Waals surface area (Å²) < 4.78 is 26.4. The Morgan fingerprint density at radius 1 is 1.17 bits per heavy atom. The zero-order chi connectivity index (χ0) is 17.2. The van der Waals surface area contributed by atoms with Crippen molar-refractivity contribution in [1.82, 2.24) is 9.80 Å². The van der Waals surface area contributed by atoms with Crippen LogP contribution in [0.3, 0.4) is 0 Å². The Labute approximate surface area is 144 Å². The average molecular weight is 356 g/mol. The van der Waals surface area contributed by atoms with Gasteiger partial charge in [0.25, 0.3) is 5.91 Å². The maximum Gasteiger partial charge on any atom is 0.256 e. The zero-order valence-electron chi connectivity index (χ0n) is 13.5. The fourth-order valence-corrected chi connectivity index (χ4v) is 4.33. The molecule has 0 aliphatic carbocycles. The first-order chi connectivity index (χ1) is 11.5. The molecule has 0 aromatic heterocycles. The molecule has 0 spiro atoms. The van der Waals surface area contributed by atoms with E-state index < -0.39 is 17.2 Å². The number of rotatable bonds is 4. The Kier molecular flexibility index (Phi) is 5.42. The predicted octanol–water partition coefficient (Wildman–Crippen LogP) is 1.87. The number of hydrogen-bond donors (Lipinski definition) is 1. The number of aliphatic hydroxyl groups is 1. The summed E-state index contributed by atoms with van der Waals surface area (Å²) in [6.45, 7) is 2.82. The third-order valence-corrected chi connectivity index (χ3v) is 5.59. The molecule has 2 fully saturated rings. The van der Waals surface area contributed by atoms with E-state index in [2.05, 4.69) is 4.90 Å². The third kappa shape index (κ3) is 3.90. The number of carbonyl (C=O) groups is 1. The van der Waals surface area contributed by atoms with Gasteiger partial charge in [0.05, 0.1) is 0 Å². The Bertz CT molecular complexity index is 610. The predicted molar refractivity (Wildman–Crippen MR) is 89.7 cm³/mol. The first-order valence-electron chi connectivity index (χ1n) is 8.24. The standard InChI is InChI=1S/C17H22F2N2O2S/c18-14-3-2-13(10-15(14)19)11-21-5-1-4-17(23,16(21)22)12-20-6-8-24-9-7-20/h2-3,10,23H,1,4-9,11-12H2/t17-/m0/s1. The molecule has 132 valence electrons. The minimum absolute atomic E-state index is 0.189. The molecular formula is C17H22F2N2O2S. The van der Waals surface area contributed by atoms with Gasteiger partial charge in [-0.15, -0.1) is 0 Å². The van der Waals surface area contributed by atoms with Crippen LogP contribution in [-0.2, 0) is 11.3 Å². The lowest BCUT2D eigenvalue weighted by molar-refractivity contribution is -0.160. The van der Waals surface area contributed by atoms with Crippen LogP contribution in [0.5, 0.6) is 0 Å². The second kappa shape index (κ2) is 7.37. The molecule has 2 heterocycles. The minimum Gasteiger partial charge on any atom is -0.379 e. The van der Waals surface area contributed by atoms with Crippen molar-refractivity contribution in [2.24, 2.45) is 0 Å². The van der Waals surface area contributed by atoms with E-state index in [4.69, 9.17) is 0 Å². The SMILES string of the molecule is O=C1N(Cc2ccc(F)c(F)c2)CCC[C@]1(O)CN1CCSCC1. The van der Waals surface area contributed by atoms with E-state index in [-0.39, 0.29) is 12.5 Å². The highest BCUT2D eigenvalue weighted by Gasteiger charge is 2.43. The number of halogens is 2. The van der Waals surface area contributed by atoms with Gasteiger partial charge in [-0.2, -0.15) is 11.8 Å². The maximum atomic E-state index is 13.4. The Morgan fingerprint density at radius 3 is 2.62 bits per heavy atom. The molecule has 0 unspecified atom stereocenters. The van der Waals surface area contributed by atoms with Crippen molar-refractivity contribution in [3.05, 3.63) is 35.4 Å². The summed E-state index contributed by atoms with van der Waals surface area (Å²) in [5.41, 5.74) is -0.848. The Hall–Kier alpha value is -1.18. The van der Waals surface area contributed by atoms with Crippen molar-refractivity contribution in [3.8, 4) is 0 Å². The summed E-state index contributed by atoms with van der Waals surface area (Å²) >= 11 is 1.88. The Morgan fingerprint density at radius 2 is 1.92 bits per heavy atom. The quantitative estimate of drug-likeness (QED) is 0.895. The molecular weight excluding hydrogens is 334 g/mol. The van der Waals surface area contributed by atoms with Crippen LogP contribution in [-0.4, -0.2) is 64.1 Å². The van der Waals surface area contributed by atoms with E-state index in [0.717, 1.165) is 36.7 Å². The second-order valence-corrected chi connectivity index (χ2v) is 7.72. The van der Waals surface area contributed by atoms with Gasteiger partial charge >= 0.3 is 0 Å². The topological polar surface area (TPSA) is 43.8 Å². The van der Waals surface area contributed by atoms with Crippen LogP contribution >= 0.6 is 11.8 Å². The number of piperidine rings is 1. The maximum absolute atomic E-state index is 13.4. The van der Waals surface area contributed by atoms with Gasteiger partial charge in [-0.1, -0.05) is 6.07 Å². The lowest BCUT2D eigenvalue weighted by Crippen LogP contribution is -2.59. The highest BCUT2D eigenvalue weighted by molar-refractivity contribution is 7.99. The Balaban J connectivity index is 1.68. The molecule has 1 N–H and O–H groups in total. The van der Waals surface area contributed by atoms with Gasteiger partial charge in [-0.25, -0.2) is 8.78 Å². The van der Waals surface area contributed by atoms with Gasteiger partial charge in [0, 0.05) is 44.2 Å². The number of β-amino-alcohol motifs (C(OH)–C–C–N with tert-alkyl or cyclic N) is 1. The number of carbonyl (C=O) groups excluding carboxylic acids is 1. The van der Waals surface area contributed by atoms with Crippen molar-refractivity contribution in [1.29, 1.82) is 0 Å². The third-order valence-electron chi connectivity index (χ3n) is 4.65. The van der Waals surface area contributed by atoms with Gasteiger partial charge in [0.1, 0.15) is 0 Å². The van der Waals surface area contributed by atoms with Gasteiger partial charge in [0.15, 0.2) is 17.2 Å². The molecule has 0 radical (unpaired) electrons. The molecule has 2 aliphatic rings. The molecule has 0 saturated carbocycles. The van der Waals surface area contributed by atoms with E-state index in [9.17, 15) is 18.7 Å². The second-order valence-electron chi connectivity index (χ2n) is 6.50. The minimum atomic E-state index is -1.38. The lowest BCUT2D eigenvalue weighted by Gasteiger charge is -2.41. The molecule has 3 rings (SSSR count). The van der Waals surface area contributed by atoms with Crippen LogP contribution in [0.4, 0.5) is 8.78 Å². The summed E-state index contributed by atoms with van der Waals surface area (Å²) in [6.07, 6.45) is 1.15. The number of hydrogen-bond acceptors (Lipinski definition) is 4. The summed E-state index contributed by atoms with van der Waals surface area (Å²) in [4.78, 5) is 16.4. The molecule has 0 bridgehead atoms. The van der Waals surface area contributed by atoms with Crippen molar-refractivity contribution in [3.63, 3.8) is 0 Å². The smallest absolute Gasteiger partial charge is 0.256 e. The molecule has 4 nitrogen and oxygen atoms in total. The molecule has 1 amide bonds. The van der Waals surface area contributed by atoms with E-state index in [1.54, 1.807) is 4.90 Å². The van der Waals surface area contributed by atoms with E-state index in [0.29, 0.717) is 31.5 Å². The number of thioether (sulfide) groups is 1. The van der Waals surface area contributed by atoms with Crippen molar-refractivity contribution in [2.75, 3.05) is 37.7 Å². The fourth-order valence-electron chi connectivity index (χ4n) is 3.35. The number of amides is 1. The normalized spacial score (nSPS) is 26.0. The van der Waals surface area contributed by atoms with Gasteiger partial charge in [-0.05, 0) is 30.5 Å². The van der Waals surface area contributed by atoms with Crippen LogP contribution < -0.4 is 0 Å². The molecule has 2 aliphatic heterocycles. The van der Waals surface area contributed by atoms with Crippen LogP contribution in [0, 0.1) is 11.6 Å². The van der Waals surface area contributed by atoms with Crippen LogP contribution in [0.25, 0.3) is 0 Å². The summed E-state index contributed by atoms with van der Waals surface area (Å²) in [7, 11) is 0. The van der Waals surface area contributed by atoms with E-state index >= 15 is 0 Å². The molecule has 24 heavy (non-hydrogen) atoms. The molecule has 2 saturated heterocycles. The van der Waals surface area contributed by atoms with Crippen molar-refractivity contribution < 1.29 is 18.7 Å². The van der Waals surface area contributed by atoms with Gasteiger partial charge < -0.3 is 10.0 Å². The van der Waals surface area contributed by atoms with Crippen LogP contribution in [0.1, 0.15) is 18.4 Å². The molecule has 1 aromatic rings. The van der Waals surface area contributed by atoms with Crippen LogP contribution in [0.15, 0.2) is 18.2 Å². The summed E-state index contributed by atoms with van der Waals surface area (Å²) in [6, 6.07) is 3.65. The van der Waals surface area contributed by atoms with Crippen molar-refractivity contribution >= 4 is 17.7 Å². The lowest BCUT2D eigenvalue weighted by atomic mass is 9.90.